The van der Waals surface area contributed by atoms with E-state index >= 15 is 0 Å². The molecule has 0 bridgehead atoms. The third-order valence-corrected chi connectivity index (χ3v) is 3.71. The molecule has 1 aromatic carbocycles. The van der Waals surface area contributed by atoms with Crippen LogP contribution >= 0.6 is 22.9 Å². The SMILES string of the molecule is O=C(Cc1cccs1)c1ccc(Cl)c(C(F)(F)F)c1. The second kappa shape index (κ2) is 5.35. The molecular formula is C13H8ClF3OS. The predicted molar refractivity (Wildman–Crippen MR) is 68.8 cm³/mol. The monoisotopic (exact) mass is 304 g/mol. The molecule has 0 aliphatic carbocycles. The second-order valence-electron chi connectivity index (χ2n) is 3.87. The summed E-state index contributed by atoms with van der Waals surface area (Å²) in [7, 11) is 0. The van der Waals surface area contributed by atoms with Gasteiger partial charge in [0, 0.05) is 16.9 Å². The minimum absolute atomic E-state index is 0.0186. The average Bonchev–Trinajstić information content (AvgIpc) is 2.80. The van der Waals surface area contributed by atoms with Gasteiger partial charge in [-0.2, -0.15) is 13.2 Å². The molecule has 1 nitrogen and oxygen atoms in total. The highest BCUT2D eigenvalue weighted by atomic mass is 35.5. The number of carbonyl (C=O) groups is 1. The molecule has 6 heteroatoms. The van der Waals surface area contributed by atoms with Crippen molar-refractivity contribution in [2.45, 2.75) is 12.6 Å². The van der Waals surface area contributed by atoms with Gasteiger partial charge in [0.05, 0.1) is 10.6 Å². The highest BCUT2D eigenvalue weighted by Crippen LogP contribution is 2.35. The third-order valence-electron chi connectivity index (χ3n) is 2.51. The van der Waals surface area contributed by atoms with Crippen LogP contribution in [0.1, 0.15) is 20.8 Å². The van der Waals surface area contributed by atoms with Gasteiger partial charge in [0.2, 0.25) is 0 Å². The lowest BCUT2D eigenvalue weighted by Gasteiger charge is -2.10. The van der Waals surface area contributed by atoms with E-state index in [9.17, 15) is 18.0 Å². The molecule has 0 aliphatic heterocycles. The molecule has 2 aromatic rings. The molecule has 0 saturated heterocycles. The van der Waals surface area contributed by atoms with E-state index in [0.29, 0.717) is 0 Å². The van der Waals surface area contributed by atoms with Gasteiger partial charge in [-0.25, -0.2) is 0 Å². The summed E-state index contributed by atoms with van der Waals surface area (Å²) in [6.07, 6.45) is -4.47. The first-order valence-electron chi connectivity index (χ1n) is 5.30. The molecule has 0 aliphatic rings. The largest absolute Gasteiger partial charge is 0.417 e. The van der Waals surface area contributed by atoms with E-state index in [4.69, 9.17) is 11.6 Å². The normalized spacial score (nSPS) is 11.6. The Morgan fingerprint density at radius 2 is 2.00 bits per heavy atom. The van der Waals surface area contributed by atoms with Crippen molar-refractivity contribution in [1.82, 2.24) is 0 Å². The number of alkyl halides is 3. The van der Waals surface area contributed by atoms with Crippen LogP contribution in [0.5, 0.6) is 0 Å². The van der Waals surface area contributed by atoms with E-state index in [1.165, 1.54) is 17.4 Å². The molecule has 1 heterocycles. The molecule has 0 saturated carbocycles. The van der Waals surface area contributed by atoms with Gasteiger partial charge in [-0.15, -0.1) is 11.3 Å². The van der Waals surface area contributed by atoms with Crippen molar-refractivity contribution in [3.8, 4) is 0 Å². The maximum absolute atomic E-state index is 12.7. The van der Waals surface area contributed by atoms with E-state index in [2.05, 4.69) is 0 Å². The molecule has 0 atom stereocenters. The van der Waals surface area contributed by atoms with Crippen molar-refractivity contribution < 1.29 is 18.0 Å². The molecule has 0 amide bonds. The summed E-state index contributed by atoms with van der Waals surface area (Å²) in [6, 6.07) is 6.78. The highest BCUT2D eigenvalue weighted by molar-refractivity contribution is 7.10. The van der Waals surface area contributed by atoms with Crippen LogP contribution in [0.3, 0.4) is 0 Å². The van der Waals surface area contributed by atoms with Gasteiger partial charge in [0.25, 0.3) is 0 Å². The van der Waals surface area contributed by atoms with E-state index < -0.39 is 16.8 Å². The molecule has 0 spiro atoms. The third kappa shape index (κ3) is 3.36. The molecule has 0 unspecified atom stereocenters. The fraction of sp³-hybridized carbons (Fsp3) is 0.154. The summed E-state index contributed by atoms with van der Waals surface area (Å²) in [5.74, 6) is -0.357. The highest BCUT2D eigenvalue weighted by Gasteiger charge is 2.33. The molecule has 1 aromatic heterocycles. The Kier molecular flexibility index (Phi) is 3.96. The van der Waals surface area contributed by atoms with Crippen molar-refractivity contribution in [2.75, 3.05) is 0 Å². The Morgan fingerprint density at radius 3 is 2.58 bits per heavy atom. The summed E-state index contributed by atoms with van der Waals surface area (Å²) < 4.78 is 38.0. The van der Waals surface area contributed by atoms with Gasteiger partial charge >= 0.3 is 6.18 Å². The number of hydrogen-bond donors (Lipinski definition) is 0. The Hall–Kier alpha value is -1.33. The van der Waals surface area contributed by atoms with Crippen LogP contribution in [-0.4, -0.2) is 5.78 Å². The summed E-state index contributed by atoms with van der Waals surface area (Å²) in [4.78, 5) is 12.7. The number of rotatable bonds is 3. The standard InChI is InChI=1S/C13H8ClF3OS/c14-11-4-3-8(6-10(11)13(15,16)17)12(18)7-9-2-1-5-19-9/h1-6H,7H2. The smallest absolute Gasteiger partial charge is 0.294 e. The summed E-state index contributed by atoms with van der Waals surface area (Å²) in [5, 5.41) is 1.41. The average molecular weight is 305 g/mol. The lowest BCUT2D eigenvalue weighted by molar-refractivity contribution is -0.137. The van der Waals surface area contributed by atoms with Crippen molar-refractivity contribution in [2.24, 2.45) is 0 Å². The van der Waals surface area contributed by atoms with E-state index in [-0.39, 0.29) is 17.8 Å². The second-order valence-corrected chi connectivity index (χ2v) is 5.31. The molecule has 2 rings (SSSR count). The van der Waals surface area contributed by atoms with Crippen molar-refractivity contribution >= 4 is 28.7 Å². The van der Waals surface area contributed by atoms with Gasteiger partial charge in [0.1, 0.15) is 0 Å². The summed E-state index contributed by atoms with van der Waals surface area (Å²) in [6.45, 7) is 0. The number of ketones is 1. The first kappa shape index (κ1) is 14.1. The summed E-state index contributed by atoms with van der Waals surface area (Å²) >= 11 is 6.89. The van der Waals surface area contributed by atoms with Crippen molar-refractivity contribution in [3.63, 3.8) is 0 Å². The topological polar surface area (TPSA) is 17.1 Å². The first-order chi connectivity index (χ1) is 8.88. The van der Waals surface area contributed by atoms with E-state index in [0.717, 1.165) is 17.0 Å². The maximum atomic E-state index is 12.7. The Labute approximate surface area is 116 Å². The van der Waals surface area contributed by atoms with Gasteiger partial charge < -0.3 is 0 Å². The van der Waals surface area contributed by atoms with Crippen LogP contribution in [0.2, 0.25) is 5.02 Å². The van der Waals surface area contributed by atoms with Crippen LogP contribution in [0.15, 0.2) is 35.7 Å². The minimum atomic E-state index is -4.56. The van der Waals surface area contributed by atoms with Crippen molar-refractivity contribution in [3.05, 3.63) is 56.7 Å². The van der Waals surface area contributed by atoms with E-state index in [1.54, 1.807) is 12.1 Å². The zero-order chi connectivity index (χ0) is 14.0. The van der Waals surface area contributed by atoms with Gasteiger partial charge in [-0.05, 0) is 29.6 Å². The summed E-state index contributed by atoms with van der Waals surface area (Å²) in [5.41, 5.74) is -0.962. The molecular weight excluding hydrogens is 297 g/mol. The predicted octanol–water partition coefficient (Wildman–Crippen LogP) is 4.85. The van der Waals surface area contributed by atoms with Crippen LogP contribution in [0, 0.1) is 0 Å². The van der Waals surface area contributed by atoms with Gasteiger partial charge in [-0.1, -0.05) is 17.7 Å². The maximum Gasteiger partial charge on any atom is 0.417 e. The fourth-order valence-electron chi connectivity index (χ4n) is 1.59. The number of halogens is 4. The number of thiophene rings is 1. The minimum Gasteiger partial charge on any atom is -0.294 e. The zero-order valence-electron chi connectivity index (χ0n) is 9.50. The lowest BCUT2D eigenvalue weighted by atomic mass is 10.0. The zero-order valence-corrected chi connectivity index (χ0v) is 11.1. The van der Waals surface area contributed by atoms with Crippen molar-refractivity contribution in [1.29, 1.82) is 0 Å². The van der Waals surface area contributed by atoms with Gasteiger partial charge in [-0.3, -0.25) is 4.79 Å². The number of hydrogen-bond acceptors (Lipinski definition) is 2. The van der Waals surface area contributed by atoms with E-state index in [1.807, 2.05) is 5.38 Å². The quantitative estimate of drug-likeness (QED) is 0.741. The van der Waals surface area contributed by atoms with Gasteiger partial charge in [0.15, 0.2) is 5.78 Å². The molecule has 19 heavy (non-hydrogen) atoms. The first-order valence-corrected chi connectivity index (χ1v) is 6.56. The molecule has 0 fully saturated rings. The Balaban J connectivity index is 2.28. The fourth-order valence-corrected chi connectivity index (χ4v) is 2.52. The molecule has 100 valence electrons. The number of carbonyl (C=O) groups excluding carboxylic acids is 1. The van der Waals surface area contributed by atoms with Crippen LogP contribution in [0.25, 0.3) is 0 Å². The lowest BCUT2D eigenvalue weighted by Crippen LogP contribution is -2.09. The van der Waals surface area contributed by atoms with Crippen LogP contribution < -0.4 is 0 Å². The molecule has 0 N–H and O–H groups in total. The van der Waals surface area contributed by atoms with Crippen LogP contribution in [0.4, 0.5) is 13.2 Å². The molecule has 0 radical (unpaired) electrons. The Morgan fingerprint density at radius 1 is 1.26 bits per heavy atom. The Bertz CT molecular complexity index is 590. The number of benzene rings is 1. The van der Waals surface area contributed by atoms with Crippen LogP contribution in [-0.2, 0) is 12.6 Å². The number of Topliss-reactive ketones (excluding diaryl/α,β-unsaturated/α-hetero) is 1.